The largest absolute Gasteiger partial charge is 0.373 e. The van der Waals surface area contributed by atoms with E-state index >= 15 is 0 Å². The lowest BCUT2D eigenvalue weighted by molar-refractivity contribution is -0.116. The first-order chi connectivity index (χ1) is 6.11. The van der Waals surface area contributed by atoms with Crippen LogP contribution < -0.4 is 11.1 Å². The van der Waals surface area contributed by atoms with Gasteiger partial charge in [-0.1, -0.05) is 6.07 Å². The number of benzene rings is 1. The number of amides is 1. The first-order valence-electron chi connectivity index (χ1n) is 3.57. The molecule has 3 nitrogen and oxygen atoms in total. The number of halogens is 2. The van der Waals surface area contributed by atoms with Crippen molar-refractivity contribution in [3.8, 4) is 0 Å². The third-order valence-corrected chi connectivity index (χ3v) is 2.06. The molecular formula is C8H8BrFN2O. The molecule has 1 aromatic carbocycles. The Hall–Kier alpha value is -1.10. The molecule has 0 aliphatic heterocycles. The number of hydrogen-bond donors (Lipinski definition) is 2. The Morgan fingerprint density at radius 1 is 1.62 bits per heavy atom. The summed E-state index contributed by atoms with van der Waals surface area (Å²) < 4.78 is 13.6. The van der Waals surface area contributed by atoms with Crippen molar-refractivity contribution in [3.05, 3.63) is 28.5 Å². The second-order valence-corrected chi connectivity index (χ2v) is 3.27. The van der Waals surface area contributed by atoms with Crippen molar-refractivity contribution >= 4 is 27.5 Å². The molecule has 3 N–H and O–H groups in total. The molecule has 13 heavy (non-hydrogen) atoms. The lowest BCUT2D eigenvalue weighted by Gasteiger charge is -2.06. The van der Waals surface area contributed by atoms with E-state index in [0.717, 1.165) is 0 Å². The SMILES string of the molecule is NC(=O)CNc1c(F)cccc1Br. The van der Waals surface area contributed by atoms with Crippen LogP contribution in [0.15, 0.2) is 22.7 Å². The van der Waals surface area contributed by atoms with Crippen LogP contribution >= 0.6 is 15.9 Å². The van der Waals surface area contributed by atoms with Gasteiger partial charge in [0.25, 0.3) is 0 Å². The molecule has 0 fully saturated rings. The average molecular weight is 247 g/mol. The van der Waals surface area contributed by atoms with E-state index in [-0.39, 0.29) is 12.2 Å². The normalized spacial score (nSPS) is 9.69. The lowest BCUT2D eigenvalue weighted by atomic mass is 10.3. The highest BCUT2D eigenvalue weighted by Gasteiger charge is 2.05. The van der Waals surface area contributed by atoms with Crippen molar-refractivity contribution in [2.45, 2.75) is 0 Å². The Labute approximate surface area is 83.2 Å². The van der Waals surface area contributed by atoms with Gasteiger partial charge in [-0.05, 0) is 28.1 Å². The maximum atomic E-state index is 13.1. The van der Waals surface area contributed by atoms with Crippen molar-refractivity contribution in [3.63, 3.8) is 0 Å². The van der Waals surface area contributed by atoms with Gasteiger partial charge in [-0.3, -0.25) is 4.79 Å². The Morgan fingerprint density at radius 2 is 2.31 bits per heavy atom. The average Bonchev–Trinajstić information content (AvgIpc) is 2.03. The van der Waals surface area contributed by atoms with Crippen LogP contribution in [-0.2, 0) is 4.79 Å². The standard InChI is InChI=1S/C8H8BrFN2O/c9-5-2-1-3-6(10)8(5)12-4-7(11)13/h1-3,12H,4H2,(H2,11,13). The van der Waals surface area contributed by atoms with Crippen molar-refractivity contribution in [2.75, 3.05) is 11.9 Å². The molecule has 0 bridgehead atoms. The first-order valence-corrected chi connectivity index (χ1v) is 4.36. The van der Waals surface area contributed by atoms with Crippen LogP contribution in [0.2, 0.25) is 0 Å². The maximum Gasteiger partial charge on any atom is 0.236 e. The summed E-state index contributed by atoms with van der Waals surface area (Å²) in [6.45, 7) is -0.0838. The van der Waals surface area contributed by atoms with E-state index in [4.69, 9.17) is 5.73 Å². The zero-order chi connectivity index (χ0) is 9.84. The fourth-order valence-corrected chi connectivity index (χ4v) is 1.32. The van der Waals surface area contributed by atoms with E-state index in [1.54, 1.807) is 12.1 Å². The number of hydrogen-bond acceptors (Lipinski definition) is 2. The van der Waals surface area contributed by atoms with Gasteiger partial charge >= 0.3 is 0 Å². The smallest absolute Gasteiger partial charge is 0.236 e. The minimum Gasteiger partial charge on any atom is -0.373 e. The minimum absolute atomic E-state index is 0.0838. The molecule has 0 radical (unpaired) electrons. The summed E-state index contributed by atoms with van der Waals surface area (Å²) in [7, 11) is 0. The van der Waals surface area contributed by atoms with Gasteiger partial charge in [0.2, 0.25) is 5.91 Å². The van der Waals surface area contributed by atoms with E-state index in [2.05, 4.69) is 21.2 Å². The summed E-state index contributed by atoms with van der Waals surface area (Å²) >= 11 is 3.14. The number of carbonyl (C=O) groups excluding carboxylic acids is 1. The Balaban J connectivity index is 2.81. The number of anilines is 1. The number of primary amides is 1. The predicted molar refractivity (Wildman–Crippen MR) is 51.8 cm³/mol. The van der Waals surface area contributed by atoms with Gasteiger partial charge < -0.3 is 11.1 Å². The molecule has 0 atom stereocenters. The number of carbonyl (C=O) groups is 1. The summed E-state index contributed by atoms with van der Waals surface area (Å²) in [5.74, 6) is -0.953. The zero-order valence-corrected chi connectivity index (χ0v) is 8.27. The molecular weight excluding hydrogens is 239 g/mol. The number of nitrogens with two attached hydrogens (primary N) is 1. The fourth-order valence-electron chi connectivity index (χ4n) is 0.842. The van der Waals surface area contributed by atoms with Crippen molar-refractivity contribution in [2.24, 2.45) is 5.73 Å². The lowest BCUT2D eigenvalue weighted by Crippen LogP contribution is -2.22. The van der Waals surface area contributed by atoms with Crippen LogP contribution in [-0.4, -0.2) is 12.5 Å². The topological polar surface area (TPSA) is 55.1 Å². The molecule has 0 spiro atoms. The van der Waals surface area contributed by atoms with Gasteiger partial charge in [-0.15, -0.1) is 0 Å². The third-order valence-electron chi connectivity index (χ3n) is 1.40. The summed E-state index contributed by atoms with van der Waals surface area (Å²) in [6.07, 6.45) is 0. The van der Waals surface area contributed by atoms with Gasteiger partial charge in [0.1, 0.15) is 5.82 Å². The van der Waals surface area contributed by atoms with Gasteiger partial charge in [-0.25, -0.2) is 4.39 Å². The Kier molecular flexibility index (Phi) is 3.25. The number of rotatable bonds is 3. The van der Waals surface area contributed by atoms with Gasteiger partial charge in [0.15, 0.2) is 0 Å². The monoisotopic (exact) mass is 246 g/mol. The molecule has 1 amide bonds. The molecule has 0 aliphatic carbocycles. The van der Waals surface area contributed by atoms with Crippen LogP contribution in [0.25, 0.3) is 0 Å². The van der Waals surface area contributed by atoms with E-state index in [1.807, 2.05) is 0 Å². The van der Waals surface area contributed by atoms with E-state index in [0.29, 0.717) is 4.47 Å². The summed E-state index contributed by atoms with van der Waals surface area (Å²) in [5.41, 5.74) is 5.15. The van der Waals surface area contributed by atoms with Crippen LogP contribution in [0.1, 0.15) is 0 Å². The van der Waals surface area contributed by atoms with Gasteiger partial charge in [0.05, 0.1) is 12.2 Å². The van der Waals surface area contributed by atoms with Crippen molar-refractivity contribution < 1.29 is 9.18 Å². The summed E-state index contributed by atoms with van der Waals surface area (Å²) in [5, 5.41) is 2.58. The predicted octanol–water partition coefficient (Wildman–Crippen LogP) is 1.49. The number of para-hydroxylation sites is 1. The van der Waals surface area contributed by atoms with Gasteiger partial charge in [0, 0.05) is 4.47 Å². The zero-order valence-electron chi connectivity index (χ0n) is 6.68. The van der Waals surface area contributed by atoms with Crippen LogP contribution in [0.3, 0.4) is 0 Å². The molecule has 5 heteroatoms. The van der Waals surface area contributed by atoms with Crippen molar-refractivity contribution in [1.82, 2.24) is 0 Å². The van der Waals surface area contributed by atoms with E-state index in [9.17, 15) is 9.18 Å². The second kappa shape index (κ2) is 4.23. The Morgan fingerprint density at radius 3 is 2.85 bits per heavy atom. The molecule has 0 saturated heterocycles. The highest BCUT2D eigenvalue weighted by Crippen LogP contribution is 2.24. The third kappa shape index (κ3) is 2.69. The fraction of sp³-hybridized carbons (Fsp3) is 0.125. The van der Waals surface area contributed by atoms with Gasteiger partial charge in [-0.2, -0.15) is 0 Å². The molecule has 70 valence electrons. The van der Waals surface area contributed by atoms with E-state index in [1.165, 1.54) is 6.07 Å². The van der Waals surface area contributed by atoms with E-state index < -0.39 is 11.7 Å². The summed E-state index contributed by atoms with van der Waals surface area (Å²) in [6, 6.07) is 4.54. The highest BCUT2D eigenvalue weighted by molar-refractivity contribution is 9.10. The quantitative estimate of drug-likeness (QED) is 0.850. The molecule has 1 rings (SSSR count). The number of nitrogens with one attached hydrogen (secondary N) is 1. The summed E-state index contributed by atoms with van der Waals surface area (Å²) in [4.78, 5) is 10.4. The molecule has 1 aromatic rings. The van der Waals surface area contributed by atoms with Crippen LogP contribution in [0.5, 0.6) is 0 Å². The molecule has 0 heterocycles. The second-order valence-electron chi connectivity index (χ2n) is 2.42. The minimum atomic E-state index is -0.532. The molecule has 0 aliphatic rings. The molecule has 0 aromatic heterocycles. The molecule has 0 saturated carbocycles. The molecule has 0 unspecified atom stereocenters. The maximum absolute atomic E-state index is 13.1. The highest BCUT2D eigenvalue weighted by atomic mass is 79.9. The first kappa shape index (κ1) is 9.98. The van der Waals surface area contributed by atoms with Crippen LogP contribution in [0.4, 0.5) is 10.1 Å². The van der Waals surface area contributed by atoms with Crippen LogP contribution in [0, 0.1) is 5.82 Å². The van der Waals surface area contributed by atoms with Crippen molar-refractivity contribution in [1.29, 1.82) is 0 Å². The Bertz CT molecular complexity index is 310.